The molecule has 1 aromatic carbocycles. The molecule has 1 aromatic rings. The van der Waals surface area contributed by atoms with Crippen molar-refractivity contribution in [2.75, 3.05) is 7.11 Å². The molecule has 0 unspecified atom stereocenters. The summed E-state index contributed by atoms with van der Waals surface area (Å²) >= 11 is 0. The normalized spacial score (nSPS) is 26.6. The monoisotopic (exact) mass is 300 g/mol. The Kier molecular flexibility index (Phi) is 4.42. The number of hydrogen-bond donors (Lipinski definition) is 0. The highest BCUT2D eigenvalue weighted by molar-refractivity contribution is 6.02. The summed E-state index contributed by atoms with van der Waals surface area (Å²) in [6, 6.07) is 4.58. The van der Waals surface area contributed by atoms with Gasteiger partial charge in [-0.15, -0.1) is 0 Å². The summed E-state index contributed by atoms with van der Waals surface area (Å²) < 4.78 is 43.7. The third-order valence-electron chi connectivity index (χ3n) is 4.34. The van der Waals surface area contributed by atoms with E-state index in [2.05, 4.69) is 6.92 Å². The Labute approximate surface area is 122 Å². The van der Waals surface area contributed by atoms with Gasteiger partial charge in [0.05, 0.1) is 5.56 Å². The van der Waals surface area contributed by atoms with Crippen LogP contribution in [0.1, 0.15) is 48.5 Å². The lowest BCUT2D eigenvalue weighted by atomic mass is 9.75. The number of methoxy groups -OCH3 is 1. The molecule has 1 saturated carbocycles. The van der Waals surface area contributed by atoms with Crippen LogP contribution in [0.4, 0.5) is 13.2 Å². The second kappa shape index (κ2) is 5.79. The van der Waals surface area contributed by atoms with E-state index in [-0.39, 0.29) is 11.3 Å². The van der Waals surface area contributed by atoms with Crippen LogP contribution in [0.5, 0.6) is 0 Å². The predicted octanol–water partition coefficient (Wildman–Crippen LogP) is 4.48. The molecule has 5 heteroatoms. The van der Waals surface area contributed by atoms with Crippen LogP contribution in [-0.2, 0) is 10.9 Å². The molecule has 0 N–H and O–H groups in total. The summed E-state index contributed by atoms with van der Waals surface area (Å²) in [5.41, 5.74) is -1.71. The second-order valence-electron chi connectivity index (χ2n) is 5.79. The Morgan fingerprint density at radius 1 is 1.29 bits per heavy atom. The molecular formula is C16H19F3O2. The first-order valence-corrected chi connectivity index (χ1v) is 7.06. The molecule has 0 aromatic heterocycles. The highest BCUT2D eigenvalue weighted by atomic mass is 19.4. The molecule has 2 nitrogen and oxygen atoms in total. The van der Waals surface area contributed by atoms with E-state index < -0.39 is 17.3 Å². The number of carbonyl (C=O) groups is 1. The fourth-order valence-corrected chi connectivity index (χ4v) is 2.85. The first kappa shape index (κ1) is 16.0. The van der Waals surface area contributed by atoms with Crippen LogP contribution in [0, 0.1) is 5.92 Å². The zero-order valence-corrected chi connectivity index (χ0v) is 12.2. The minimum absolute atomic E-state index is 0.0706. The number of halogens is 3. The quantitative estimate of drug-likeness (QED) is 0.769. The first-order chi connectivity index (χ1) is 9.78. The van der Waals surface area contributed by atoms with Gasteiger partial charge in [-0.2, -0.15) is 13.2 Å². The minimum Gasteiger partial charge on any atom is -0.370 e. The lowest BCUT2D eigenvalue weighted by molar-refractivity contribution is -0.137. The molecule has 0 saturated heterocycles. The van der Waals surface area contributed by atoms with Gasteiger partial charge in [0, 0.05) is 12.7 Å². The molecular weight excluding hydrogens is 281 g/mol. The number of ether oxygens (including phenoxy) is 1. The zero-order valence-electron chi connectivity index (χ0n) is 12.2. The minimum atomic E-state index is -4.45. The van der Waals surface area contributed by atoms with Crippen molar-refractivity contribution >= 4 is 5.78 Å². The number of hydrogen-bond acceptors (Lipinski definition) is 2. The van der Waals surface area contributed by atoms with Crippen molar-refractivity contribution in [3.63, 3.8) is 0 Å². The summed E-state index contributed by atoms with van der Waals surface area (Å²) in [5, 5.41) is 0. The van der Waals surface area contributed by atoms with Gasteiger partial charge in [-0.3, -0.25) is 4.79 Å². The molecule has 0 amide bonds. The van der Waals surface area contributed by atoms with Crippen molar-refractivity contribution in [3.8, 4) is 0 Å². The Bertz CT molecular complexity index is 514. The lowest BCUT2D eigenvalue weighted by Crippen LogP contribution is -2.44. The van der Waals surface area contributed by atoms with Gasteiger partial charge in [0.1, 0.15) is 5.60 Å². The largest absolute Gasteiger partial charge is 0.416 e. The van der Waals surface area contributed by atoms with Gasteiger partial charge < -0.3 is 4.74 Å². The number of ketones is 1. The molecule has 0 atom stereocenters. The van der Waals surface area contributed by atoms with E-state index in [9.17, 15) is 18.0 Å². The van der Waals surface area contributed by atoms with E-state index in [1.165, 1.54) is 19.2 Å². The van der Waals surface area contributed by atoms with E-state index in [1.54, 1.807) is 0 Å². The van der Waals surface area contributed by atoms with Gasteiger partial charge in [-0.05, 0) is 43.7 Å². The van der Waals surface area contributed by atoms with E-state index >= 15 is 0 Å². The maximum Gasteiger partial charge on any atom is 0.416 e. The fourth-order valence-electron chi connectivity index (χ4n) is 2.85. The van der Waals surface area contributed by atoms with Crippen molar-refractivity contribution in [2.45, 2.75) is 44.4 Å². The van der Waals surface area contributed by atoms with Crippen molar-refractivity contribution < 1.29 is 22.7 Å². The average molecular weight is 300 g/mol. The Morgan fingerprint density at radius 2 is 1.90 bits per heavy atom. The van der Waals surface area contributed by atoms with Crippen molar-refractivity contribution in [1.82, 2.24) is 0 Å². The van der Waals surface area contributed by atoms with Crippen LogP contribution < -0.4 is 0 Å². The molecule has 2 rings (SSSR count). The van der Waals surface area contributed by atoms with Crippen molar-refractivity contribution in [1.29, 1.82) is 0 Å². The first-order valence-electron chi connectivity index (χ1n) is 7.06. The van der Waals surface area contributed by atoms with Gasteiger partial charge in [0.15, 0.2) is 5.78 Å². The molecule has 0 aliphatic heterocycles. The van der Waals surface area contributed by atoms with E-state index in [4.69, 9.17) is 4.74 Å². The molecule has 21 heavy (non-hydrogen) atoms. The highest BCUT2D eigenvalue weighted by Crippen LogP contribution is 2.37. The van der Waals surface area contributed by atoms with Gasteiger partial charge in [-0.1, -0.05) is 19.1 Å². The Hall–Kier alpha value is -1.36. The summed E-state index contributed by atoms with van der Waals surface area (Å²) in [4.78, 5) is 12.6. The Balaban J connectivity index is 2.30. The molecule has 0 radical (unpaired) electrons. The molecule has 1 fully saturated rings. The van der Waals surface area contributed by atoms with Crippen molar-refractivity contribution in [2.24, 2.45) is 5.92 Å². The van der Waals surface area contributed by atoms with Gasteiger partial charge in [-0.25, -0.2) is 0 Å². The fraction of sp³-hybridized carbons (Fsp3) is 0.562. The third-order valence-corrected chi connectivity index (χ3v) is 4.34. The van der Waals surface area contributed by atoms with Crippen LogP contribution in [0.25, 0.3) is 0 Å². The number of alkyl halides is 3. The molecule has 0 spiro atoms. The molecule has 0 heterocycles. The smallest absolute Gasteiger partial charge is 0.370 e. The summed E-state index contributed by atoms with van der Waals surface area (Å²) in [7, 11) is 1.46. The van der Waals surface area contributed by atoms with E-state index in [1.807, 2.05) is 0 Å². The van der Waals surface area contributed by atoms with E-state index in [0.29, 0.717) is 18.8 Å². The van der Waals surface area contributed by atoms with Crippen LogP contribution in [-0.4, -0.2) is 18.5 Å². The van der Waals surface area contributed by atoms with Gasteiger partial charge >= 0.3 is 6.18 Å². The number of carbonyl (C=O) groups excluding carboxylic acids is 1. The van der Waals surface area contributed by atoms with Gasteiger partial charge in [0.2, 0.25) is 0 Å². The van der Waals surface area contributed by atoms with Crippen LogP contribution in [0.15, 0.2) is 24.3 Å². The number of Topliss-reactive ketones (excluding diaryl/α,β-unsaturated/α-hetero) is 1. The molecule has 1 aliphatic rings. The van der Waals surface area contributed by atoms with Crippen LogP contribution >= 0.6 is 0 Å². The zero-order chi connectivity index (χ0) is 15.7. The molecule has 0 bridgehead atoms. The lowest BCUT2D eigenvalue weighted by Gasteiger charge is -2.37. The SMILES string of the molecule is COC1(C(=O)c2cccc(C(F)(F)F)c2)CCC(C)CC1. The number of benzene rings is 1. The topological polar surface area (TPSA) is 26.3 Å². The summed E-state index contributed by atoms with van der Waals surface area (Å²) in [6.45, 7) is 2.11. The molecule has 116 valence electrons. The molecule has 1 aliphatic carbocycles. The average Bonchev–Trinajstić information content (AvgIpc) is 2.47. The van der Waals surface area contributed by atoms with Crippen molar-refractivity contribution in [3.05, 3.63) is 35.4 Å². The second-order valence-corrected chi connectivity index (χ2v) is 5.79. The number of rotatable bonds is 3. The van der Waals surface area contributed by atoms with Crippen LogP contribution in [0.2, 0.25) is 0 Å². The Morgan fingerprint density at radius 3 is 2.43 bits per heavy atom. The van der Waals surface area contributed by atoms with Crippen LogP contribution in [0.3, 0.4) is 0 Å². The maximum atomic E-state index is 12.8. The predicted molar refractivity (Wildman–Crippen MR) is 73.1 cm³/mol. The van der Waals surface area contributed by atoms with Gasteiger partial charge in [0.25, 0.3) is 0 Å². The summed E-state index contributed by atoms with van der Waals surface area (Å²) in [6.07, 6.45) is -1.64. The summed E-state index contributed by atoms with van der Waals surface area (Å²) in [5.74, 6) is 0.172. The van der Waals surface area contributed by atoms with E-state index in [0.717, 1.165) is 25.0 Å². The standard InChI is InChI=1S/C16H19F3O2/c1-11-6-8-15(21-2,9-7-11)14(20)12-4-3-5-13(10-12)16(17,18)19/h3-5,10-11H,6-9H2,1-2H3. The maximum absolute atomic E-state index is 12.8. The third kappa shape index (κ3) is 3.28. The highest BCUT2D eigenvalue weighted by Gasteiger charge is 2.42.